The van der Waals surface area contributed by atoms with Crippen molar-refractivity contribution in [1.29, 1.82) is 0 Å². The number of anilines is 1. The fourth-order valence-electron chi connectivity index (χ4n) is 3.03. The Bertz CT molecular complexity index is 736. The van der Waals surface area contributed by atoms with Gasteiger partial charge in [-0.1, -0.05) is 6.92 Å². The van der Waals surface area contributed by atoms with Gasteiger partial charge < -0.3 is 9.80 Å². The van der Waals surface area contributed by atoms with E-state index < -0.39 is 0 Å². The number of nitrogens with zero attached hydrogens (tertiary/aromatic N) is 5. The molecule has 0 saturated heterocycles. The van der Waals surface area contributed by atoms with Crippen molar-refractivity contribution in [2.24, 2.45) is 0 Å². The Morgan fingerprint density at radius 2 is 2.17 bits per heavy atom. The summed E-state index contributed by atoms with van der Waals surface area (Å²) in [6.45, 7) is 5.16. The van der Waals surface area contributed by atoms with Gasteiger partial charge in [0.2, 0.25) is 0 Å². The molecule has 7 heteroatoms. The van der Waals surface area contributed by atoms with E-state index in [1.54, 1.807) is 6.33 Å². The SMILES string of the molecule is CCc1[nH]nc(C(=O)N2CCc3c(ncnc3N(C)C)C2)c1C. The van der Waals surface area contributed by atoms with Crippen LogP contribution in [0.2, 0.25) is 0 Å². The minimum Gasteiger partial charge on any atom is -0.362 e. The highest BCUT2D eigenvalue weighted by molar-refractivity contribution is 5.94. The van der Waals surface area contributed by atoms with E-state index in [0.29, 0.717) is 18.8 Å². The summed E-state index contributed by atoms with van der Waals surface area (Å²) in [7, 11) is 3.94. The van der Waals surface area contributed by atoms with Gasteiger partial charge in [-0.05, 0) is 19.8 Å². The van der Waals surface area contributed by atoms with E-state index in [2.05, 4.69) is 20.2 Å². The largest absolute Gasteiger partial charge is 0.362 e. The molecule has 0 fully saturated rings. The number of aryl methyl sites for hydroxylation is 1. The van der Waals surface area contributed by atoms with E-state index >= 15 is 0 Å². The number of H-pyrrole nitrogens is 1. The van der Waals surface area contributed by atoms with Crippen LogP contribution in [0.4, 0.5) is 5.82 Å². The summed E-state index contributed by atoms with van der Waals surface area (Å²) in [5.74, 6) is 0.903. The smallest absolute Gasteiger partial charge is 0.274 e. The van der Waals surface area contributed by atoms with Gasteiger partial charge in [0, 0.05) is 37.5 Å². The first kappa shape index (κ1) is 15.5. The topological polar surface area (TPSA) is 78.0 Å². The molecular formula is C16H22N6O. The van der Waals surface area contributed by atoms with E-state index in [4.69, 9.17) is 0 Å². The van der Waals surface area contributed by atoms with Crippen molar-refractivity contribution in [1.82, 2.24) is 25.1 Å². The molecule has 0 aliphatic carbocycles. The second kappa shape index (κ2) is 5.98. The zero-order valence-corrected chi connectivity index (χ0v) is 14.1. The molecule has 2 aromatic rings. The number of hydrogen-bond acceptors (Lipinski definition) is 5. The molecule has 3 rings (SSSR count). The number of rotatable bonds is 3. The number of amides is 1. The van der Waals surface area contributed by atoms with Crippen molar-refractivity contribution in [3.63, 3.8) is 0 Å². The average molecular weight is 314 g/mol. The Balaban J connectivity index is 1.86. The summed E-state index contributed by atoms with van der Waals surface area (Å²) < 4.78 is 0. The lowest BCUT2D eigenvalue weighted by molar-refractivity contribution is 0.0725. The fraction of sp³-hybridized carbons (Fsp3) is 0.500. The third-order valence-electron chi connectivity index (χ3n) is 4.36. The van der Waals surface area contributed by atoms with Crippen LogP contribution in [-0.2, 0) is 19.4 Å². The van der Waals surface area contributed by atoms with Gasteiger partial charge in [-0.15, -0.1) is 0 Å². The molecule has 2 aromatic heterocycles. The van der Waals surface area contributed by atoms with Crippen molar-refractivity contribution in [3.8, 4) is 0 Å². The molecule has 0 saturated carbocycles. The Morgan fingerprint density at radius 1 is 1.39 bits per heavy atom. The van der Waals surface area contributed by atoms with Crippen LogP contribution in [0, 0.1) is 6.92 Å². The van der Waals surface area contributed by atoms with Gasteiger partial charge in [0.25, 0.3) is 5.91 Å². The Morgan fingerprint density at radius 3 is 2.83 bits per heavy atom. The predicted octanol–water partition coefficient (Wildman–Crippen LogP) is 1.34. The van der Waals surface area contributed by atoms with Crippen LogP contribution in [-0.4, -0.2) is 51.6 Å². The lowest BCUT2D eigenvalue weighted by atomic mass is 10.0. The second-order valence-electron chi connectivity index (χ2n) is 6.02. The Labute approximate surface area is 135 Å². The van der Waals surface area contributed by atoms with Crippen LogP contribution in [0.15, 0.2) is 6.33 Å². The normalized spacial score (nSPS) is 13.8. The number of carbonyl (C=O) groups excluding carboxylic acids is 1. The zero-order chi connectivity index (χ0) is 16.6. The maximum absolute atomic E-state index is 12.8. The predicted molar refractivity (Wildman–Crippen MR) is 87.5 cm³/mol. The van der Waals surface area contributed by atoms with E-state index in [-0.39, 0.29) is 5.91 Å². The monoisotopic (exact) mass is 314 g/mol. The zero-order valence-electron chi connectivity index (χ0n) is 14.1. The Kier molecular flexibility index (Phi) is 4.02. The molecule has 1 aliphatic heterocycles. The molecule has 1 N–H and O–H groups in total. The highest BCUT2D eigenvalue weighted by Gasteiger charge is 2.28. The van der Waals surface area contributed by atoms with E-state index in [0.717, 1.165) is 41.2 Å². The van der Waals surface area contributed by atoms with Gasteiger partial charge in [-0.3, -0.25) is 9.89 Å². The number of nitrogens with one attached hydrogen (secondary N) is 1. The molecular weight excluding hydrogens is 292 g/mol. The average Bonchev–Trinajstić information content (AvgIpc) is 2.93. The number of carbonyl (C=O) groups is 1. The number of aromatic nitrogens is 4. The van der Waals surface area contributed by atoms with Crippen molar-refractivity contribution in [2.45, 2.75) is 33.2 Å². The Hall–Kier alpha value is -2.44. The standard InChI is InChI=1S/C16H22N6O/c1-5-12-10(2)14(20-19-12)16(23)22-7-6-11-13(8-22)17-9-18-15(11)21(3)4/h9H,5-8H2,1-4H3,(H,19,20). The first-order valence-electron chi connectivity index (χ1n) is 7.86. The van der Waals surface area contributed by atoms with Gasteiger partial charge in [0.15, 0.2) is 5.69 Å². The molecule has 122 valence electrons. The highest BCUT2D eigenvalue weighted by Crippen LogP contribution is 2.25. The van der Waals surface area contributed by atoms with Crippen LogP contribution in [0.25, 0.3) is 0 Å². The van der Waals surface area contributed by atoms with Crippen LogP contribution >= 0.6 is 0 Å². The quantitative estimate of drug-likeness (QED) is 0.925. The number of fused-ring (bicyclic) bond motifs is 1. The molecule has 0 radical (unpaired) electrons. The summed E-state index contributed by atoms with van der Waals surface area (Å²) in [5, 5.41) is 7.16. The maximum atomic E-state index is 12.8. The van der Waals surface area contributed by atoms with Crippen molar-refractivity contribution >= 4 is 11.7 Å². The minimum absolute atomic E-state index is 0.0332. The molecule has 0 unspecified atom stereocenters. The molecule has 1 aliphatic rings. The van der Waals surface area contributed by atoms with Gasteiger partial charge in [0.1, 0.15) is 12.1 Å². The molecule has 0 aromatic carbocycles. The van der Waals surface area contributed by atoms with Crippen LogP contribution < -0.4 is 4.90 Å². The molecule has 0 atom stereocenters. The van der Waals surface area contributed by atoms with Crippen molar-refractivity contribution in [3.05, 3.63) is 34.5 Å². The summed E-state index contributed by atoms with van der Waals surface area (Å²) in [6, 6.07) is 0. The number of hydrogen-bond donors (Lipinski definition) is 1. The summed E-state index contributed by atoms with van der Waals surface area (Å²) in [6.07, 6.45) is 3.17. The highest BCUT2D eigenvalue weighted by atomic mass is 16.2. The van der Waals surface area contributed by atoms with E-state index in [1.165, 1.54) is 0 Å². The van der Waals surface area contributed by atoms with Gasteiger partial charge in [-0.2, -0.15) is 5.10 Å². The fourth-order valence-corrected chi connectivity index (χ4v) is 3.03. The summed E-state index contributed by atoms with van der Waals surface area (Å²) in [5.41, 5.74) is 4.54. The van der Waals surface area contributed by atoms with Gasteiger partial charge >= 0.3 is 0 Å². The van der Waals surface area contributed by atoms with E-state index in [1.807, 2.05) is 37.7 Å². The lowest BCUT2D eigenvalue weighted by Crippen LogP contribution is -2.37. The third-order valence-corrected chi connectivity index (χ3v) is 4.36. The molecule has 7 nitrogen and oxygen atoms in total. The molecule has 0 spiro atoms. The summed E-state index contributed by atoms with van der Waals surface area (Å²) in [4.78, 5) is 25.3. The first-order valence-corrected chi connectivity index (χ1v) is 7.86. The molecule has 1 amide bonds. The molecule has 3 heterocycles. The van der Waals surface area contributed by atoms with Gasteiger partial charge in [0.05, 0.1) is 12.2 Å². The third kappa shape index (κ3) is 2.67. The first-order chi connectivity index (χ1) is 11.0. The lowest BCUT2D eigenvalue weighted by Gasteiger charge is -2.29. The minimum atomic E-state index is -0.0332. The maximum Gasteiger partial charge on any atom is 0.274 e. The van der Waals surface area contributed by atoms with E-state index in [9.17, 15) is 4.79 Å². The van der Waals surface area contributed by atoms with Crippen LogP contribution in [0.1, 0.15) is 39.9 Å². The van der Waals surface area contributed by atoms with Gasteiger partial charge in [-0.25, -0.2) is 9.97 Å². The van der Waals surface area contributed by atoms with Crippen LogP contribution in [0.5, 0.6) is 0 Å². The summed E-state index contributed by atoms with van der Waals surface area (Å²) >= 11 is 0. The molecule has 23 heavy (non-hydrogen) atoms. The molecule has 0 bridgehead atoms. The van der Waals surface area contributed by atoms with Crippen molar-refractivity contribution in [2.75, 3.05) is 25.5 Å². The van der Waals surface area contributed by atoms with Crippen molar-refractivity contribution < 1.29 is 4.79 Å². The van der Waals surface area contributed by atoms with Crippen LogP contribution in [0.3, 0.4) is 0 Å². The number of aromatic amines is 1. The second-order valence-corrected chi connectivity index (χ2v) is 6.02.